The van der Waals surface area contributed by atoms with Gasteiger partial charge in [-0.15, -0.1) is 0 Å². The lowest BCUT2D eigenvalue weighted by molar-refractivity contribution is 0.484. The second kappa shape index (κ2) is 5.58. The van der Waals surface area contributed by atoms with Crippen LogP contribution in [0, 0.1) is 12.8 Å². The van der Waals surface area contributed by atoms with Gasteiger partial charge >= 0.3 is 0 Å². The molecule has 1 radical (unpaired) electrons. The minimum absolute atomic E-state index is 0.767. The summed E-state index contributed by atoms with van der Waals surface area (Å²) in [5.74, 6) is 0.963. The Kier molecular flexibility index (Phi) is 4.67. The maximum Gasteiger partial charge on any atom is 0.00419 e. The first-order valence-electron chi connectivity index (χ1n) is 5.35. The van der Waals surface area contributed by atoms with Crippen LogP contribution < -0.4 is 5.32 Å². The van der Waals surface area contributed by atoms with Crippen molar-refractivity contribution in [2.45, 2.75) is 51.5 Å². The fourth-order valence-electron chi connectivity index (χ4n) is 2.04. The van der Waals surface area contributed by atoms with Crippen molar-refractivity contribution in [2.75, 3.05) is 6.54 Å². The van der Waals surface area contributed by atoms with Gasteiger partial charge in [0, 0.05) is 6.04 Å². The highest BCUT2D eigenvalue weighted by atomic mass is 14.9. The van der Waals surface area contributed by atoms with Gasteiger partial charge in [-0.1, -0.05) is 32.6 Å². The van der Waals surface area contributed by atoms with E-state index in [0.717, 1.165) is 18.4 Å². The van der Waals surface area contributed by atoms with Crippen molar-refractivity contribution in [2.24, 2.45) is 5.92 Å². The Hall–Kier alpha value is -0.0400. The van der Waals surface area contributed by atoms with Crippen LogP contribution in [0.25, 0.3) is 0 Å². The van der Waals surface area contributed by atoms with Gasteiger partial charge in [-0.25, -0.2) is 0 Å². The van der Waals surface area contributed by atoms with Crippen molar-refractivity contribution >= 4 is 0 Å². The van der Waals surface area contributed by atoms with E-state index >= 15 is 0 Å². The number of unbranched alkanes of at least 4 members (excludes halogenated alkanes) is 3. The fourth-order valence-corrected chi connectivity index (χ4v) is 2.04. The number of hydrogen-bond donors (Lipinski definition) is 1. The van der Waals surface area contributed by atoms with Crippen LogP contribution in [0.2, 0.25) is 0 Å². The summed E-state index contributed by atoms with van der Waals surface area (Å²) in [6.07, 6.45) is 8.04. The van der Waals surface area contributed by atoms with E-state index in [9.17, 15) is 0 Å². The molecule has 0 spiro atoms. The molecule has 0 bridgehead atoms. The summed E-state index contributed by atoms with van der Waals surface area (Å²) in [6, 6.07) is 0.767. The largest absolute Gasteiger partial charge is 0.314 e. The molecule has 0 amide bonds. The molecule has 12 heavy (non-hydrogen) atoms. The molecule has 1 saturated heterocycles. The predicted molar refractivity (Wildman–Crippen MR) is 54.0 cm³/mol. The minimum atomic E-state index is 0.767. The molecule has 2 atom stereocenters. The van der Waals surface area contributed by atoms with E-state index in [4.69, 9.17) is 0 Å². The van der Waals surface area contributed by atoms with Gasteiger partial charge < -0.3 is 5.32 Å². The van der Waals surface area contributed by atoms with Crippen molar-refractivity contribution < 1.29 is 0 Å². The zero-order chi connectivity index (χ0) is 8.81. The fraction of sp³-hybridized carbons (Fsp3) is 0.909. The Labute approximate surface area is 76.9 Å². The molecule has 1 aliphatic rings. The van der Waals surface area contributed by atoms with Gasteiger partial charge in [0.2, 0.25) is 0 Å². The number of nitrogens with one attached hydrogen (secondary N) is 1. The molecule has 2 unspecified atom stereocenters. The van der Waals surface area contributed by atoms with Crippen LogP contribution in [0.15, 0.2) is 0 Å². The van der Waals surface area contributed by atoms with Crippen LogP contribution in [0.5, 0.6) is 0 Å². The molecule has 0 aromatic carbocycles. The molecular weight excluding hydrogens is 146 g/mol. The van der Waals surface area contributed by atoms with Crippen molar-refractivity contribution in [1.82, 2.24) is 5.32 Å². The van der Waals surface area contributed by atoms with Gasteiger partial charge in [-0.05, 0) is 32.2 Å². The summed E-state index contributed by atoms with van der Waals surface area (Å²) in [7, 11) is 0. The monoisotopic (exact) mass is 168 g/mol. The van der Waals surface area contributed by atoms with Crippen molar-refractivity contribution in [3.8, 4) is 0 Å². The third-order valence-corrected chi connectivity index (χ3v) is 2.80. The van der Waals surface area contributed by atoms with Crippen LogP contribution in [0.4, 0.5) is 0 Å². The lowest BCUT2D eigenvalue weighted by atomic mass is 9.98. The molecule has 1 rings (SSSR count). The quantitative estimate of drug-likeness (QED) is 0.622. The van der Waals surface area contributed by atoms with Crippen LogP contribution in [-0.4, -0.2) is 12.6 Å². The Bertz CT molecular complexity index is 112. The minimum Gasteiger partial charge on any atom is -0.314 e. The van der Waals surface area contributed by atoms with Crippen LogP contribution >= 0.6 is 0 Å². The first-order valence-corrected chi connectivity index (χ1v) is 5.35. The van der Waals surface area contributed by atoms with Gasteiger partial charge in [-0.3, -0.25) is 0 Å². The van der Waals surface area contributed by atoms with E-state index < -0.39 is 0 Å². The van der Waals surface area contributed by atoms with E-state index in [-0.39, 0.29) is 0 Å². The Morgan fingerprint density at radius 2 is 2.17 bits per heavy atom. The molecule has 1 aliphatic heterocycles. The van der Waals surface area contributed by atoms with Crippen molar-refractivity contribution in [3.63, 3.8) is 0 Å². The first-order chi connectivity index (χ1) is 5.83. The normalized spacial score (nSPS) is 29.5. The summed E-state index contributed by atoms with van der Waals surface area (Å²) in [5.41, 5.74) is 0. The number of rotatable bonds is 5. The van der Waals surface area contributed by atoms with E-state index in [1.165, 1.54) is 38.6 Å². The lowest BCUT2D eigenvalue weighted by Gasteiger charge is -2.06. The summed E-state index contributed by atoms with van der Waals surface area (Å²) in [4.78, 5) is 0. The van der Waals surface area contributed by atoms with E-state index in [2.05, 4.69) is 19.2 Å². The smallest absolute Gasteiger partial charge is 0.00419 e. The Balaban J connectivity index is 1.93. The standard InChI is InChI=1S/C11H22N/c1-3-4-5-6-7-11-8-10(2)12-9-11/h10-12H,1,3-9H2,2H3. The van der Waals surface area contributed by atoms with Crippen molar-refractivity contribution in [3.05, 3.63) is 6.92 Å². The summed E-state index contributed by atoms with van der Waals surface area (Å²) >= 11 is 0. The lowest BCUT2D eigenvalue weighted by Crippen LogP contribution is -2.16. The molecule has 1 nitrogen and oxygen atoms in total. The summed E-state index contributed by atoms with van der Waals surface area (Å²) in [6.45, 7) is 7.40. The predicted octanol–water partition coefficient (Wildman–Crippen LogP) is 2.77. The van der Waals surface area contributed by atoms with E-state index in [1.54, 1.807) is 0 Å². The maximum atomic E-state index is 3.85. The summed E-state index contributed by atoms with van der Waals surface area (Å²) in [5, 5.41) is 3.50. The highest BCUT2D eigenvalue weighted by molar-refractivity contribution is 4.77. The molecule has 0 saturated carbocycles. The maximum absolute atomic E-state index is 3.85. The van der Waals surface area contributed by atoms with Gasteiger partial charge in [0.05, 0.1) is 0 Å². The van der Waals surface area contributed by atoms with Gasteiger partial charge in [0.1, 0.15) is 0 Å². The van der Waals surface area contributed by atoms with Crippen LogP contribution in [-0.2, 0) is 0 Å². The molecule has 1 heterocycles. The highest BCUT2D eigenvalue weighted by Crippen LogP contribution is 2.20. The second-order valence-electron chi connectivity index (χ2n) is 4.11. The zero-order valence-electron chi connectivity index (χ0n) is 8.31. The van der Waals surface area contributed by atoms with Crippen LogP contribution in [0.1, 0.15) is 45.4 Å². The first kappa shape index (κ1) is 10.0. The molecule has 0 aromatic heterocycles. The molecule has 0 aromatic rings. The van der Waals surface area contributed by atoms with Gasteiger partial charge in [0.25, 0.3) is 0 Å². The molecular formula is C11H22N. The molecule has 1 heteroatoms. The van der Waals surface area contributed by atoms with E-state index in [1.807, 2.05) is 0 Å². The third-order valence-electron chi connectivity index (χ3n) is 2.80. The second-order valence-corrected chi connectivity index (χ2v) is 4.11. The number of hydrogen-bond acceptors (Lipinski definition) is 1. The average molecular weight is 168 g/mol. The Morgan fingerprint density at radius 1 is 1.33 bits per heavy atom. The summed E-state index contributed by atoms with van der Waals surface area (Å²) < 4.78 is 0. The van der Waals surface area contributed by atoms with Gasteiger partial charge in [0.15, 0.2) is 0 Å². The molecule has 1 fully saturated rings. The SMILES string of the molecule is [CH2]CCCCCC1CNC(C)C1. The topological polar surface area (TPSA) is 12.0 Å². The third kappa shape index (κ3) is 3.57. The molecule has 71 valence electrons. The van der Waals surface area contributed by atoms with Crippen molar-refractivity contribution in [1.29, 1.82) is 0 Å². The molecule has 1 N–H and O–H groups in total. The highest BCUT2D eigenvalue weighted by Gasteiger charge is 2.19. The Morgan fingerprint density at radius 3 is 2.75 bits per heavy atom. The molecule has 0 aliphatic carbocycles. The average Bonchev–Trinajstić information content (AvgIpc) is 2.45. The van der Waals surface area contributed by atoms with E-state index in [0.29, 0.717) is 0 Å². The zero-order valence-corrected chi connectivity index (χ0v) is 8.31. The van der Waals surface area contributed by atoms with Gasteiger partial charge in [-0.2, -0.15) is 0 Å². The van der Waals surface area contributed by atoms with Crippen LogP contribution in [0.3, 0.4) is 0 Å².